The molecule has 0 aliphatic rings. The van der Waals surface area contributed by atoms with Crippen molar-refractivity contribution in [1.29, 1.82) is 0 Å². The van der Waals surface area contributed by atoms with Gasteiger partial charge in [-0.25, -0.2) is 14.6 Å². The Morgan fingerprint density at radius 2 is 1.96 bits per heavy atom. The van der Waals surface area contributed by atoms with Gasteiger partial charge in [-0.05, 0) is 12.1 Å². The van der Waals surface area contributed by atoms with E-state index in [-0.39, 0.29) is 5.91 Å². The molecule has 0 aromatic carbocycles. The van der Waals surface area contributed by atoms with E-state index in [9.17, 15) is 4.79 Å². The van der Waals surface area contributed by atoms with E-state index in [1.54, 1.807) is 36.9 Å². The minimum absolute atomic E-state index is 0.249. The highest BCUT2D eigenvalue weighted by Gasteiger charge is 2.09. The SMILES string of the molecule is CN(C)c1cnc(-n2cc(NC(=O)c3cccnc3)cn2)nc1. The van der Waals surface area contributed by atoms with Crippen LogP contribution in [0.5, 0.6) is 0 Å². The molecule has 116 valence electrons. The normalized spacial score (nSPS) is 10.3. The summed E-state index contributed by atoms with van der Waals surface area (Å²) in [5.74, 6) is 0.180. The zero-order valence-corrected chi connectivity index (χ0v) is 12.7. The van der Waals surface area contributed by atoms with Gasteiger partial charge < -0.3 is 10.2 Å². The molecule has 23 heavy (non-hydrogen) atoms. The summed E-state index contributed by atoms with van der Waals surface area (Å²) in [5, 5.41) is 6.91. The van der Waals surface area contributed by atoms with Crippen LogP contribution in [0.4, 0.5) is 11.4 Å². The van der Waals surface area contributed by atoms with Crippen LogP contribution in [0, 0.1) is 0 Å². The number of hydrogen-bond acceptors (Lipinski definition) is 6. The Labute approximate surface area is 132 Å². The molecular weight excluding hydrogens is 294 g/mol. The molecule has 0 fully saturated rings. The average Bonchev–Trinajstić information content (AvgIpc) is 3.04. The van der Waals surface area contributed by atoms with Crippen LogP contribution >= 0.6 is 0 Å². The summed E-state index contributed by atoms with van der Waals surface area (Å²) < 4.78 is 1.50. The maximum atomic E-state index is 12.1. The average molecular weight is 309 g/mol. The van der Waals surface area contributed by atoms with E-state index in [1.165, 1.54) is 17.1 Å². The summed E-state index contributed by atoms with van der Waals surface area (Å²) in [4.78, 5) is 26.4. The quantitative estimate of drug-likeness (QED) is 0.783. The van der Waals surface area contributed by atoms with Gasteiger partial charge in [0.25, 0.3) is 11.9 Å². The molecule has 3 heterocycles. The highest BCUT2D eigenvalue weighted by atomic mass is 16.1. The van der Waals surface area contributed by atoms with Gasteiger partial charge in [0, 0.05) is 26.5 Å². The molecule has 0 spiro atoms. The molecule has 8 heteroatoms. The van der Waals surface area contributed by atoms with Crippen LogP contribution in [0.1, 0.15) is 10.4 Å². The Morgan fingerprint density at radius 3 is 2.61 bits per heavy atom. The predicted molar refractivity (Wildman–Crippen MR) is 85.7 cm³/mol. The van der Waals surface area contributed by atoms with Crippen molar-refractivity contribution in [3.8, 4) is 5.95 Å². The second-order valence-electron chi connectivity index (χ2n) is 5.01. The Kier molecular flexibility index (Phi) is 3.96. The molecule has 0 aliphatic carbocycles. The fourth-order valence-electron chi connectivity index (χ4n) is 1.86. The van der Waals surface area contributed by atoms with Gasteiger partial charge in [0.2, 0.25) is 0 Å². The van der Waals surface area contributed by atoms with Crippen molar-refractivity contribution in [2.24, 2.45) is 0 Å². The van der Waals surface area contributed by atoms with Crippen molar-refractivity contribution in [3.63, 3.8) is 0 Å². The zero-order chi connectivity index (χ0) is 16.2. The number of carbonyl (C=O) groups excluding carboxylic acids is 1. The second kappa shape index (κ2) is 6.22. The van der Waals surface area contributed by atoms with E-state index in [4.69, 9.17) is 0 Å². The first-order valence-electron chi connectivity index (χ1n) is 6.89. The fourth-order valence-corrected chi connectivity index (χ4v) is 1.86. The van der Waals surface area contributed by atoms with Gasteiger partial charge >= 0.3 is 0 Å². The second-order valence-corrected chi connectivity index (χ2v) is 5.01. The van der Waals surface area contributed by atoms with E-state index < -0.39 is 0 Å². The number of amides is 1. The Hall–Kier alpha value is -3.29. The smallest absolute Gasteiger partial charge is 0.257 e. The number of nitrogens with one attached hydrogen (secondary N) is 1. The minimum atomic E-state index is -0.249. The van der Waals surface area contributed by atoms with E-state index in [0.717, 1.165) is 5.69 Å². The number of anilines is 2. The monoisotopic (exact) mass is 309 g/mol. The number of carbonyl (C=O) groups is 1. The van der Waals surface area contributed by atoms with Crippen molar-refractivity contribution >= 4 is 17.3 Å². The molecule has 0 unspecified atom stereocenters. The first-order chi connectivity index (χ1) is 11.1. The van der Waals surface area contributed by atoms with Gasteiger partial charge in [0.1, 0.15) is 0 Å². The van der Waals surface area contributed by atoms with E-state index in [1.807, 2.05) is 19.0 Å². The summed E-state index contributed by atoms with van der Waals surface area (Å²) in [7, 11) is 3.83. The van der Waals surface area contributed by atoms with Crippen LogP contribution in [0.15, 0.2) is 49.3 Å². The molecule has 0 saturated carbocycles. The molecule has 1 N–H and O–H groups in total. The molecule has 0 atom stereocenters. The van der Waals surface area contributed by atoms with Crippen LogP contribution < -0.4 is 10.2 Å². The molecule has 0 aliphatic heterocycles. The van der Waals surface area contributed by atoms with Crippen molar-refractivity contribution in [2.75, 3.05) is 24.3 Å². The van der Waals surface area contributed by atoms with Gasteiger partial charge in [-0.3, -0.25) is 9.78 Å². The fraction of sp³-hybridized carbons (Fsp3) is 0.133. The maximum Gasteiger partial charge on any atom is 0.257 e. The highest BCUT2D eigenvalue weighted by molar-refractivity contribution is 6.03. The molecule has 0 bridgehead atoms. The summed E-state index contributed by atoms with van der Waals surface area (Å²) in [5.41, 5.74) is 1.93. The van der Waals surface area contributed by atoms with Crippen molar-refractivity contribution in [1.82, 2.24) is 24.7 Å². The van der Waals surface area contributed by atoms with Crippen molar-refractivity contribution in [3.05, 3.63) is 54.9 Å². The molecule has 3 aromatic heterocycles. The lowest BCUT2D eigenvalue weighted by atomic mass is 10.3. The first kappa shape index (κ1) is 14.6. The van der Waals surface area contributed by atoms with Crippen LogP contribution in [0.25, 0.3) is 5.95 Å². The molecule has 0 radical (unpaired) electrons. The standard InChI is InChI=1S/C15H15N7O/c1-21(2)13-8-17-15(18-9-13)22-10-12(7-19-22)20-14(23)11-4-3-5-16-6-11/h3-10H,1-2H3,(H,20,23). The molecule has 1 amide bonds. The number of nitrogens with zero attached hydrogens (tertiary/aromatic N) is 6. The van der Waals surface area contributed by atoms with Gasteiger partial charge in [-0.1, -0.05) is 0 Å². The van der Waals surface area contributed by atoms with Crippen molar-refractivity contribution < 1.29 is 4.79 Å². The van der Waals surface area contributed by atoms with Crippen LogP contribution in [0.3, 0.4) is 0 Å². The first-order valence-corrected chi connectivity index (χ1v) is 6.89. The summed E-state index contributed by atoms with van der Waals surface area (Å²) in [6.07, 6.45) is 9.72. The van der Waals surface area contributed by atoms with Crippen LogP contribution in [0.2, 0.25) is 0 Å². The molecule has 3 aromatic rings. The molecular formula is C15H15N7O. The lowest BCUT2D eigenvalue weighted by Gasteiger charge is -2.10. The number of pyridine rings is 1. The Balaban J connectivity index is 1.74. The summed E-state index contributed by atoms with van der Waals surface area (Å²) >= 11 is 0. The molecule has 3 rings (SSSR count). The largest absolute Gasteiger partial charge is 0.375 e. The third-order valence-corrected chi connectivity index (χ3v) is 3.11. The lowest BCUT2D eigenvalue weighted by molar-refractivity contribution is 0.102. The maximum absolute atomic E-state index is 12.1. The van der Waals surface area contributed by atoms with Gasteiger partial charge in [0.05, 0.1) is 41.7 Å². The summed E-state index contributed by atoms with van der Waals surface area (Å²) in [6, 6.07) is 3.40. The van der Waals surface area contributed by atoms with Gasteiger partial charge in [-0.2, -0.15) is 5.10 Å². The van der Waals surface area contributed by atoms with E-state index in [0.29, 0.717) is 17.2 Å². The Morgan fingerprint density at radius 1 is 1.17 bits per heavy atom. The molecule has 8 nitrogen and oxygen atoms in total. The lowest BCUT2D eigenvalue weighted by Crippen LogP contribution is -2.11. The van der Waals surface area contributed by atoms with Gasteiger partial charge in [0.15, 0.2) is 0 Å². The van der Waals surface area contributed by atoms with E-state index >= 15 is 0 Å². The van der Waals surface area contributed by atoms with Gasteiger partial charge in [-0.15, -0.1) is 0 Å². The number of aromatic nitrogens is 5. The van der Waals surface area contributed by atoms with Crippen LogP contribution in [-0.4, -0.2) is 44.7 Å². The zero-order valence-electron chi connectivity index (χ0n) is 12.7. The highest BCUT2D eigenvalue weighted by Crippen LogP contribution is 2.12. The van der Waals surface area contributed by atoms with Crippen molar-refractivity contribution in [2.45, 2.75) is 0 Å². The summed E-state index contributed by atoms with van der Waals surface area (Å²) in [6.45, 7) is 0. The number of rotatable bonds is 4. The molecule has 0 saturated heterocycles. The van der Waals surface area contributed by atoms with Crippen LogP contribution in [-0.2, 0) is 0 Å². The third-order valence-electron chi connectivity index (χ3n) is 3.11. The third kappa shape index (κ3) is 3.31. The number of hydrogen-bond donors (Lipinski definition) is 1. The minimum Gasteiger partial charge on any atom is -0.375 e. The van der Waals surface area contributed by atoms with E-state index in [2.05, 4.69) is 25.4 Å². The predicted octanol–water partition coefficient (Wildman–Crippen LogP) is 1.38. The topological polar surface area (TPSA) is 88.8 Å². The Bertz CT molecular complexity index is 796.